The molecule has 4 nitrogen and oxygen atoms in total. The lowest BCUT2D eigenvalue weighted by Gasteiger charge is -2.19. The fourth-order valence-corrected chi connectivity index (χ4v) is 1.65. The molecular formula is C8H10N2O2. The van der Waals surface area contributed by atoms with Crippen molar-refractivity contribution in [1.29, 1.82) is 0 Å². The Balaban J connectivity index is 2.37. The molecule has 12 heavy (non-hydrogen) atoms. The average molecular weight is 166 g/mol. The molecule has 0 aromatic carbocycles. The smallest absolute Gasteiger partial charge is 0.314 e. The molecule has 0 bridgehead atoms. The quantitative estimate of drug-likeness (QED) is 0.672. The molecule has 1 aliphatic rings. The van der Waals surface area contributed by atoms with Crippen LogP contribution in [0, 0.1) is 0 Å². The van der Waals surface area contributed by atoms with E-state index in [1.807, 2.05) is 10.8 Å². The predicted octanol–water partition coefficient (Wildman–Crippen LogP) is 0.845. The summed E-state index contributed by atoms with van der Waals surface area (Å²) in [6.45, 7) is 0.902. The Morgan fingerprint density at radius 2 is 2.58 bits per heavy atom. The van der Waals surface area contributed by atoms with Crippen LogP contribution in [-0.2, 0) is 11.3 Å². The largest absolute Gasteiger partial charge is 0.481 e. The van der Waals surface area contributed by atoms with Gasteiger partial charge in [0.2, 0.25) is 0 Å². The second kappa shape index (κ2) is 2.62. The molecule has 1 unspecified atom stereocenters. The van der Waals surface area contributed by atoms with Crippen LogP contribution in [0.2, 0.25) is 0 Å². The first-order chi connectivity index (χ1) is 5.79. The van der Waals surface area contributed by atoms with Gasteiger partial charge in [-0.3, -0.25) is 4.79 Å². The van der Waals surface area contributed by atoms with E-state index >= 15 is 0 Å². The molecule has 1 aromatic heterocycles. The zero-order valence-electron chi connectivity index (χ0n) is 6.60. The third-order valence-corrected chi connectivity index (χ3v) is 2.25. The van der Waals surface area contributed by atoms with E-state index in [9.17, 15) is 4.79 Å². The van der Waals surface area contributed by atoms with Crippen LogP contribution < -0.4 is 0 Å². The van der Waals surface area contributed by atoms with Crippen molar-refractivity contribution in [3.63, 3.8) is 0 Å². The van der Waals surface area contributed by atoms with Gasteiger partial charge in [0.05, 0.1) is 0 Å². The van der Waals surface area contributed by atoms with Gasteiger partial charge in [-0.25, -0.2) is 4.98 Å². The molecule has 0 radical (unpaired) electrons. The van der Waals surface area contributed by atoms with Crippen molar-refractivity contribution in [1.82, 2.24) is 9.55 Å². The van der Waals surface area contributed by atoms with Crippen LogP contribution in [0.5, 0.6) is 0 Å². The van der Waals surface area contributed by atoms with Gasteiger partial charge in [-0.1, -0.05) is 0 Å². The van der Waals surface area contributed by atoms with Crippen molar-refractivity contribution in [2.24, 2.45) is 0 Å². The lowest BCUT2D eigenvalue weighted by atomic mass is 9.99. The third-order valence-electron chi connectivity index (χ3n) is 2.25. The first-order valence-electron chi connectivity index (χ1n) is 4.03. The number of nitrogens with zero attached hydrogens (tertiary/aromatic N) is 2. The van der Waals surface area contributed by atoms with Crippen molar-refractivity contribution in [3.05, 3.63) is 18.2 Å². The second-order valence-corrected chi connectivity index (χ2v) is 3.01. The molecular weight excluding hydrogens is 156 g/mol. The maximum Gasteiger partial charge on any atom is 0.314 e. The molecule has 0 amide bonds. The van der Waals surface area contributed by atoms with Crippen LogP contribution in [-0.4, -0.2) is 20.6 Å². The highest BCUT2D eigenvalue weighted by molar-refractivity contribution is 5.75. The molecule has 0 aliphatic carbocycles. The van der Waals surface area contributed by atoms with E-state index in [1.165, 1.54) is 0 Å². The predicted molar refractivity (Wildman–Crippen MR) is 41.8 cm³/mol. The SMILES string of the molecule is O=C(O)C1CCCn2ccnc21. The summed E-state index contributed by atoms with van der Waals surface area (Å²) >= 11 is 0. The Labute approximate surface area is 69.8 Å². The van der Waals surface area contributed by atoms with Gasteiger partial charge in [0.15, 0.2) is 0 Å². The van der Waals surface area contributed by atoms with Gasteiger partial charge in [-0.2, -0.15) is 0 Å². The summed E-state index contributed by atoms with van der Waals surface area (Å²) in [4.78, 5) is 14.8. The van der Waals surface area contributed by atoms with Gasteiger partial charge >= 0.3 is 5.97 Å². The van der Waals surface area contributed by atoms with Crippen LogP contribution >= 0.6 is 0 Å². The monoisotopic (exact) mass is 166 g/mol. The fraction of sp³-hybridized carbons (Fsp3) is 0.500. The summed E-state index contributed by atoms with van der Waals surface area (Å²) in [6.07, 6.45) is 5.15. The molecule has 2 heterocycles. The zero-order valence-corrected chi connectivity index (χ0v) is 6.60. The van der Waals surface area contributed by atoms with Gasteiger partial charge in [0, 0.05) is 18.9 Å². The second-order valence-electron chi connectivity index (χ2n) is 3.01. The molecule has 0 spiro atoms. The molecule has 0 saturated heterocycles. The van der Waals surface area contributed by atoms with Gasteiger partial charge in [-0.05, 0) is 12.8 Å². The van der Waals surface area contributed by atoms with Crippen LogP contribution in [0.4, 0.5) is 0 Å². The van der Waals surface area contributed by atoms with Crippen molar-refractivity contribution < 1.29 is 9.90 Å². The fourth-order valence-electron chi connectivity index (χ4n) is 1.65. The molecule has 0 saturated carbocycles. The molecule has 4 heteroatoms. The van der Waals surface area contributed by atoms with E-state index in [4.69, 9.17) is 5.11 Å². The summed E-state index contributed by atoms with van der Waals surface area (Å²) < 4.78 is 1.92. The van der Waals surface area contributed by atoms with E-state index in [2.05, 4.69) is 4.98 Å². The molecule has 0 fully saturated rings. The number of carboxylic acid groups (broad SMARTS) is 1. The minimum absolute atomic E-state index is 0.395. The van der Waals surface area contributed by atoms with Gasteiger partial charge < -0.3 is 9.67 Å². The Kier molecular flexibility index (Phi) is 1.60. The molecule has 64 valence electrons. The maximum absolute atomic E-state index is 10.8. The van der Waals surface area contributed by atoms with Crippen LogP contribution in [0.15, 0.2) is 12.4 Å². The topological polar surface area (TPSA) is 55.1 Å². The number of aromatic nitrogens is 2. The highest BCUT2D eigenvalue weighted by Crippen LogP contribution is 2.25. The lowest BCUT2D eigenvalue weighted by Crippen LogP contribution is -2.21. The molecule has 2 rings (SSSR count). The number of aryl methyl sites for hydroxylation is 1. The van der Waals surface area contributed by atoms with Crippen molar-refractivity contribution in [2.75, 3.05) is 0 Å². The normalized spacial score (nSPS) is 21.8. The van der Waals surface area contributed by atoms with Crippen molar-refractivity contribution in [2.45, 2.75) is 25.3 Å². The van der Waals surface area contributed by atoms with Crippen LogP contribution in [0.1, 0.15) is 24.6 Å². The number of imidazole rings is 1. The summed E-state index contributed by atoms with van der Waals surface area (Å²) in [7, 11) is 0. The minimum atomic E-state index is -0.762. The standard InChI is InChI=1S/C8H10N2O2/c11-8(12)6-2-1-4-10-5-3-9-7(6)10/h3,5-6H,1-2,4H2,(H,11,12). The van der Waals surface area contributed by atoms with Crippen LogP contribution in [0.25, 0.3) is 0 Å². The number of hydrogen-bond donors (Lipinski definition) is 1. The number of aliphatic carboxylic acids is 1. The number of rotatable bonds is 1. The number of carbonyl (C=O) groups is 1. The third kappa shape index (κ3) is 0.995. The number of hydrogen-bond acceptors (Lipinski definition) is 2. The Hall–Kier alpha value is -1.32. The molecule has 1 N–H and O–H groups in total. The van der Waals surface area contributed by atoms with Gasteiger partial charge in [0.1, 0.15) is 11.7 Å². The zero-order chi connectivity index (χ0) is 8.55. The van der Waals surface area contributed by atoms with E-state index < -0.39 is 11.9 Å². The summed E-state index contributed by atoms with van der Waals surface area (Å²) in [6, 6.07) is 0. The lowest BCUT2D eigenvalue weighted by molar-refractivity contribution is -0.139. The minimum Gasteiger partial charge on any atom is -0.481 e. The summed E-state index contributed by atoms with van der Waals surface area (Å²) in [5, 5.41) is 8.85. The van der Waals surface area contributed by atoms with E-state index in [1.54, 1.807) is 6.20 Å². The number of carboxylic acids is 1. The Morgan fingerprint density at radius 1 is 1.75 bits per heavy atom. The maximum atomic E-state index is 10.8. The van der Waals surface area contributed by atoms with E-state index in [-0.39, 0.29) is 0 Å². The first-order valence-corrected chi connectivity index (χ1v) is 4.03. The van der Waals surface area contributed by atoms with Crippen molar-refractivity contribution >= 4 is 5.97 Å². The van der Waals surface area contributed by atoms with E-state index in [0.717, 1.165) is 13.0 Å². The molecule has 1 aliphatic heterocycles. The molecule has 1 atom stereocenters. The Bertz CT molecular complexity index is 306. The highest BCUT2D eigenvalue weighted by atomic mass is 16.4. The number of fused-ring (bicyclic) bond motifs is 1. The molecule has 1 aromatic rings. The summed E-state index contributed by atoms with van der Waals surface area (Å²) in [5.41, 5.74) is 0. The van der Waals surface area contributed by atoms with Crippen molar-refractivity contribution in [3.8, 4) is 0 Å². The first kappa shape index (κ1) is 7.34. The summed E-state index contributed by atoms with van der Waals surface area (Å²) in [5.74, 6) is -0.454. The van der Waals surface area contributed by atoms with Gasteiger partial charge in [-0.15, -0.1) is 0 Å². The van der Waals surface area contributed by atoms with Gasteiger partial charge in [0.25, 0.3) is 0 Å². The average Bonchev–Trinajstić information content (AvgIpc) is 2.49. The van der Waals surface area contributed by atoms with Crippen LogP contribution in [0.3, 0.4) is 0 Å². The Morgan fingerprint density at radius 3 is 3.33 bits per heavy atom. The highest BCUT2D eigenvalue weighted by Gasteiger charge is 2.27. The van der Waals surface area contributed by atoms with E-state index in [0.29, 0.717) is 12.2 Å².